The Hall–Kier alpha value is -3.97. The van der Waals surface area contributed by atoms with Gasteiger partial charge < -0.3 is 15.6 Å². The summed E-state index contributed by atoms with van der Waals surface area (Å²) in [6.45, 7) is 8.79. The van der Waals surface area contributed by atoms with E-state index in [1.165, 1.54) is 50.7 Å². The van der Waals surface area contributed by atoms with Crippen LogP contribution in [-0.2, 0) is 18.4 Å². The summed E-state index contributed by atoms with van der Waals surface area (Å²) in [7, 11) is 2.00. The number of rotatable bonds is 6. The molecule has 1 amide bonds. The molecule has 1 saturated carbocycles. The van der Waals surface area contributed by atoms with Gasteiger partial charge in [-0.05, 0) is 79.9 Å². The highest BCUT2D eigenvalue weighted by atomic mass is 16.1. The molecular weight excluding hydrogens is 472 g/mol. The largest absolute Gasteiger partial charge is 0.383 e. The maximum atomic E-state index is 12.1. The maximum absolute atomic E-state index is 12.1. The van der Waals surface area contributed by atoms with E-state index in [1.807, 2.05) is 31.3 Å². The van der Waals surface area contributed by atoms with Crippen molar-refractivity contribution in [3.05, 3.63) is 72.6 Å². The van der Waals surface area contributed by atoms with Crippen molar-refractivity contribution in [3.8, 4) is 22.4 Å². The summed E-state index contributed by atoms with van der Waals surface area (Å²) in [6.07, 6.45) is 7.07. The molecule has 2 fully saturated rings. The quantitative estimate of drug-likeness (QED) is 0.324. The van der Waals surface area contributed by atoms with Crippen LogP contribution in [0.5, 0.6) is 0 Å². The second kappa shape index (κ2) is 9.40. The Bertz CT molecular complexity index is 1520. The van der Waals surface area contributed by atoms with Crippen molar-refractivity contribution in [1.82, 2.24) is 19.4 Å². The molecule has 6 rings (SSSR count). The highest BCUT2D eigenvalue weighted by molar-refractivity contribution is 6.08. The summed E-state index contributed by atoms with van der Waals surface area (Å²) in [6, 6.07) is 16.7. The van der Waals surface area contributed by atoms with Crippen molar-refractivity contribution in [2.24, 2.45) is 12.5 Å². The first kappa shape index (κ1) is 24.4. The Labute approximate surface area is 223 Å². The van der Waals surface area contributed by atoms with E-state index >= 15 is 0 Å². The molecule has 3 N–H and O–H groups in total. The number of likely N-dealkylation sites (tertiary alicyclic amines) is 1. The van der Waals surface area contributed by atoms with Gasteiger partial charge in [0.15, 0.2) is 0 Å². The van der Waals surface area contributed by atoms with Crippen molar-refractivity contribution in [2.75, 3.05) is 24.1 Å². The standard InChI is InChI=1S/C31H34N6O/c1-20(2)30(38)35-24-10-8-23(9-11-24)27-25(26-28(32)33-19-34-29(26)36(27)3)22-6-4-21(5-7-22)18-37-16-14-31(12-13-31)15-17-37/h4-11,19H,1,12-18H2,2-3H3,(H,35,38)(H2,32,33,34). The van der Waals surface area contributed by atoms with E-state index in [0.717, 1.165) is 45.6 Å². The number of amides is 1. The molecule has 0 atom stereocenters. The van der Waals surface area contributed by atoms with Crippen LogP contribution in [0.3, 0.4) is 0 Å². The van der Waals surface area contributed by atoms with Crippen molar-refractivity contribution in [3.63, 3.8) is 0 Å². The van der Waals surface area contributed by atoms with E-state index in [9.17, 15) is 4.79 Å². The molecule has 38 heavy (non-hydrogen) atoms. The Morgan fingerprint density at radius 2 is 1.66 bits per heavy atom. The Morgan fingerprint density at radius 1 is 1.00 bits per heavy atom. The van der Waals surface area contributed by atoms with Crippen molar-refractivity contribution >= 4 is 28.4 Å². The number of aryl methyl sites for hydroxylation is 1. The lowest BCUT2D eigenvalue weighted by molar-refractivity contribution is -0.112. The molecule has 0 unspecified atom stereocenters. The van der Waals surface area contributed by atoms with Crippen LogP contribution in [-0.4, -0.2) is 38.4 Å². The molecule has 3 heterocycles. The summed E-state index contributed by atoms with van der Waals surface area (Å²) < 4.78 is 2.07. The second-order valence-electron chi connectivity index (χ2n) is 11.0. The molecule has 2 aromatic carbocycles. The number of nitrogens with zero attached hydrogens (tertiary/aromatic N) is 4. The Morgan fingerprint density at radius 3 is 2.29 bits per heavy atom. The van der Waals surface area contributed by atoms with Gasteiger partial charge in [0.1, 0.15) is 17.8 Å². The van der Waals surface area contributed by atoms with Crippen LogP contribution in [0.2, 0.25) is 0 Å². The first-order valence-corrected chi connectivity index (χ1v) is 13.3. The fraction of sp³-hybridized carbons (Fsp3) is 0.323. The van der Waals surface area contributed by atoms with Crippen LogP contribution in [0.4, 0.5) is 11.5 Å². The van der Waals surface area contributed by atoms with Crippen LogP contribution in [0.15, 0.2) is 67.0 Å². The smallest absolute Gasteiger partial charge is 0.250 e. The van der Waals surface area contributed by atoms with Crippen molar-refractivity contribution < 1.29 is 4.79 Å². The van der Waals surface area contributed by atoms with Crippen LogP contribution in [0.1, 0.15) is 38.2 Å². The summed E-state index contributed by atoms with van der Waals surface area (Å²) in [5, 5.41) is 3.72. The van der Waals surface area contributed by atoms with Gasteiger partial charge in [-0.15, -0.1) is 0 Å². The van der Waals surface area contributed by atoms with E-state index in [0.29, 0.717) is 16.8 Å². The number of carbonyl (C=O) groups is 1. The van der Waals surface area contributed by atoms with E-state index in [-0.39, 0.29) is 5.91 Å². The van der Waals surface area contributed by atoms with Crippen LogP contribution < -0.4 is 11.1 Å². The number of carbonyl (C=O) groups excluding carboxylic acids is 1. The number of aromatic nitrogens is 3. The minimum absolute atomic E-state index is 0.192. The molecular formula is C31H34N6O. The van der Waals surface area contributed by atoms with Crippen LogP contribution in [0, 0.1) is 5.41 Å². The van der Waals surface area contributed by atoms with Gasteiger partial charge in [0.25, 0.3) is 5.91 Å². The lowest BCUT2D eigenvalue weighted by Crippen LogP contribution is -2.33. The number of nitrogens with two attached hydrogens (primary N) is 1. The fourth-order valence-electron chi connectivity index (χ4n) is 5.74. The number of nitrogen functional groups attached to an aromatic ring is 1. The average Bonchev–Trinajstić information content (AvgIpc) is 3.61. The zero-order chi connectivity index (χ0) is 26.4. The van der Waals surface area contributed by atoms with Gasteiger partial charge in [-0.3, -0.25) is 9.69 Å². The third-order valence-electron chi connectivity index (χ3n) is 8.32. The maximum Gasteiger partial charge on any atom is 0.250 e. The highest BCUT2D eigenvalue weighted by Gasteiger charge is 2.44. The van der Waals surface area contributed by atoms with Crippen molar-refractivity contribution in [2.45, 2.75) is 39.2 Å². The van der Waals surface area contributed by atoms with E-state index in [2.05, 4.69) is 55.6 Å². The number of nitrogens with one attached hydrogen (secondary N) is 1. The average molecular weight is 507 g/mol. The Kier molecular flexibility index (Phi) is 6.03. The van der Waals surface area contributed by atoms with Gasteiger partial charge in [-0.1, -0.05) is 43.0 Å². The zero-order valence-electron chi connectivity index (χ0n) is 22.1. The highest BCUT2D eigenvalue weighted by Crippen LogP contribution is 2.53. The molecule has 1 aliphatic carbocycles. The molecule has 2 aromatic heterocycles. The molecule has 7 nitrogen and oxygen atoms in total. The summed E-state index contributed by atoms with van der Waals surface area (Å²) in [5.41, 5.74) is 14.5. The molecule has 4 aromatic rings. The van der Waals surface area contributed by atoms with E-state index in [1.54, 1.807) is 6.92 Å². The summed E-state index contributed by atoms with van der Waals surface area (Å²) in [5.74, 6) is 0.270. The third kappa shape index (κ3) is 4.47. The first-order chi connectivity index (χ1) is 18.3. The van der Waals surface area contributed by atoms with Crippen LogP contribution in [0.25, 0.3) is 33.4 Å². The minimum Gasteiger partial charge on any atom is -0.383 e. The Balaban J connectivity index is 1.34. The van der Waals surface area contributed by atoms with E-state index < -0.39 is 0 Å². The normalized spacial score (nSPS) is 16.6. The third-order valence-corrected chi connectivity index (χ3v) is 8.32. The van der Waals surface area contributed by atoms with Gasteiger partial charge >= 0.3 is 0 Å². The van der Waals surface area contributed by atoms with Gasteiger partial charge in [0.05, 0.1) is 11.1 Å². The molecule has 1 saturated heterocycles. The minimum atomic E-state index is -0.192. The molecule has 1 spiro atoms. The lowest BCUT2D eigenvalue weighted by atomic mass is 9.93. The predicted octanol–water partition coefficient (Wildman–Crippen LogP) is 5.78. The topological polar surface area (TPSA) is 89.1 Å². The number of benzene rings is 2. The summed E-state index contributed by atoms with van der Waals surface area (Å²) >= 11 is 0. The molecule has 1 aliphatic heterocycles. The molecule has 2 aliphatic rings. The van der Waals surface area contributed by atoms with Gasteiger partial charge in [-0.25, -0.2) is 9.97 Å². The number of hydrogen-bond donors (Lipinski definition) is 2. The number of anilines is 2. The zero-order valence-corrected chi connectivity index (χ0v) is 22.1. The van der Waals surface area contributed by atoms with Gasteiger partial charge in [0, 0.05) is 30.4 Å². The SMILES string of the molecule is C=C(C)C(=O)Nc1ccc(-c2c(-c3ccc(CN4CCC5(CC4)CC5)cc3)c3c(N)ncnc3n2C)cc1. The monoisotopic (exact) mass is 506 g/mol. The number of fused-ring (bicyclic) bond motifs is 1. The molecule has 0 bridgehead atoms. The molecule has 7 heteroatoms. The summed E-state index contributed by atoms with van der Waals surface area (Å²) in [4.78, 5) is 23.5. The van der Waals surface area contributed by atoms with Gasteiger partial charge in [0.2, 0.25) is 0 Å². The second-order valence-corrected chi connectivity index (χ2v) is 11.0. The number of piperidine rings is 1. The lowest BCUT2D eigenvalue weighted by Gasteiger charge is -2.32. The number of hydrogen-bond acceptors (Lipinski definition) is 5. The molecule has 194 valence electrons. The van der Waals surface area contributed by atoms with Crippen molar-refractivity contribution in [1.29, 1.82) is 0 Å². The fourth-order valence-corrected chi connectivity index (χ4v) is 5.74. The molecule has 0 radical (unpaired) electrons. The van der Waals surface area contributed by atoms with Crippen LogP contribution >= 0.6 is 0 Å². The van der Waals surface area contributed by atoms with Gasteiger partial charge in [-0.2, -0.15) is 0 Å². The predicted molar refractivity (Wildman–Crippen MR) is 153 cm³/mol. The first-order valence-electron chi connectivity index (χ1n) is 13.3. The van der Waals surface area contributed by atoms with E-state index in [4.69, 9.17) is 5.73 Å².